The first-order valence-corrected chi connectivity index (χ1v) is 5.10. The van der Waals surface area contributed by atoms with E-state index in [0.717, 1.165) is 19.3 Å². The van der Waals surface area contributed by atoms with Crippen molar-refractivity contribution in [1.82, 2.24) is 0 Å². The molecule has 1 heterocycles. The van der Waals surface area contributed by atoms with Crippen molar-refractivity contribution in [1.29, 1.82) is 0 Å². The topological polar surface area (TPSA) is 29.5 Å². The SMILES string of the molecule is C=CC[C@@H]1OCC(CC)(CC)[C@H]1O. The second-order valence-electron chi connectivity index (χ2n) is 3.89. The molecule has 0 aromatic rings. The molecule has 1 fully saturated rings. The molecule has 2 nitrogen and oxygen atoms in total. The van der Waals surface area contributed by atoms with Crippen molar-refractivity contribution in [3.63, 3.8) is 0 Å². The Labute approximate surface area is 80.6 Å². The quantitative estimate of drug-likeness (QED) is 0.678. The van der Waals surface area contributed by atoms with Gasteiger partial charge in [0.1, 0.15) is 0 Å². The summed E-state index contributed by atoms with van der Waals surface area (Å²) >= 11 is 0. The lowest BCUT2D eigenvalue weighted by molar-refractivity contribution is 0.0241. The van der Waals surface area contributed by atoms with E-state index in [-0.39, 0.29) is 17.6 Å². The van der Waals surface area contributed by atoms with Crippen LogP contribution in [0.5, 0.6) is 0 Å². The van der Waals surface area contributed by atoms with E-state index in [9.17, 15) is 5.11 Å². The predicted molar refractivity (Wildman–Crippen MR) is 53.6 cm³/mol. The molecule has 0 unspecified atom stereocenters. The highest BCUT2D eigenvalue weighted by atomic mass is 16.5. The van der Waals surface area contributed by atoms with Crippen LogP contribution in [-0.2, 0) is 4.74 Å². The molecule has 1 aliphatic rings. The van der Waals surface area contributed by atoms with Gasteiger partial charge in [-0.2, -0.15) is 0 Å². The summed E-state index contributed by atoms with van der Waals surface area (Å²) in [6.45, 7) is 8.60. The van der Waals surface area contributed by atoms with Crippen LogP contribution in [0, 0.1) is 5.41 Å². The zero-order valence-corrected chi connectivity index (χ0v) is 8.62. The fourth-order valence-corrected chi connectivity index (χ4v) is 2.08. The average molecular weight is 184 g/mol. The van der Waals surface area contributed by atoms with Gasteiger partial charge in [0.25, 0.3) is 0 Å². The molecule has 0 spiro atoms. The van der Waals surface area contributed by atoms with Crippen LogP contribution in [0.1, 0.15) is 33.1 Å². The Morgan fingerprint density at radius 2 is 2.15 bits per heavy atom. The fourth-order valence-electron chi connectivity index (χ4n) is 2.08. The van der Waals surface area contributed by atoms with E-state index in [1.54, 1.807) is 0 Å². The van der Waals surface area contributed by atoms with Gasteiger partial charge in [-0.15, -0.1) is 6.58 Å². The van der Waals surface area contributed by atoms with Gasteiger partial charge in [0.2, 0.25) is 0 Å². The zero-order valence-electron chi connectivity index (χ0n) is 8.62. The van der Waals surface area contributed by atoms with Crippen LogP contribution in [0.25, 0.3) is 0 Å². The number of rotatable bonds is 4. The Balaban J connectivity index is 2.66. The average Bonchev–Trinajstić information content (AvgIpc) is 2.46. The first-order chi connectivity index (χ1) is 6.20. The maximum Gasteiger partial charge on any atom is 0.0882 e. The molecule has 0 amide bonds. The Hall–Kier alpha value is -0.340. The summed E-state index contributed by atoms with van der Waals surface area (Å²) in [5.41, 5.74) is -0.00627. The number of hydrogen-bond acceptors (Lipinski definition) is 2. The van der Waals surface area contributed by atoms with Gasteiger partial charge in [-0.3, -0.25) is 0 Å². The fraction of sp³-hybridized carbons (Fsp3) is 0.818. The van der Waals surface area contributed by atoms with Crippen LogP contribution < -0.4 is 0 Å². The Morgan fingerprint density at radius 1 is 1.54 bits per heavy atom. The number of aliphatic hydroxyl groups is 1. The van der Waals surface area contributed by atoms with Crippen molar-refractivity contribution in [2.75, 3.05) is 6.61 Å². The molecule has 2 heteroatoms. The van der Waals surface area contributed by atoms with E-state index in [2.05, 4.69) is 20.4 Å². The molecule has 1 rings (SSSR count). The maximum atomic E-state index is 10.1. The number of aliphatic hydroxyl groups excluding tert-OH is 1. The lowest BCUT2D eigenvalue weighted by atomic mass is 9.77. The van der Waals surface area contributed by atoms with Crippen LogP contribution in [0.15, 0.2) is 12.7 Å². The summed E-state index contributed by atoms with van der Waals surface area (Å²) in [6, 6.07) is 0. The van der Waals surface area contributed by atoms with Crippen molar-refractivity contribution < 1.29 is 9.84 Å². The number of ether oxygens (including phenoxy) is 1. The van der Waals surface area contributed by atoms with Gasteiger partial charge in [-0.1, -0.05) is 19.9 Å². The highest BCUT2D eigenvalue weighted by Gasteiger charge is 2.45. The van der Waals surface area contributed by atoms with Crippen LogP contribution in [-0.4, -0.2) is 23.9 Å². The summed E-state index contributed by atoms with van der Waals surface area (Å²) < 4.78 is 5.58. The van der Waals surface area contributed by atoms with Crippen LogP contribution in [0.4, 0.5) is 0 Å². The van der Waals surface area contributed by atoms with Gasteiger partial charge < -0.3 is 9.84 Å². The minimum atomic E-state index is -0.319. The van der Waals surface area contributed by atoms with Gasteiger partial charge >= 0.3 is 0 Å². The van der Waals surface area contributed by atoms with Crippen LogP contribution in [0.2, 0.25) is 0 Å². The Morgan fingerprint density at radius 3 is 2.54 bits per heavy atom. The van der Waals surface area contributed by atoms with Gasteiger partial charge in [-0.25, -0.2) is 0 Å². The molecule has 0 aromatic heterocycles. The summed E-state index contributed by atoms with van der Waals surface area (Å²) in [5.74, 6) is 0. The molecule has 1 saturated heterocycles. The molecule has 0 saturated carbocycles. The second kappa shape index (κ2) is 4.25. The molecule has 0 radical (unpaired) electrons. The summed E-state index contributed by atoms with van der Waals surface area (Å²) in [6.07, 6.45) is 4.19. The molecule has 76 valence electrons. The van der Waals surface area contributed by atoms with Gasteiger partial charge in [0, 0.05) is 5.41 Å². The summed E-state index contributed by atoms with van der Waals surface area (Å²) in [5, 5.41) is 10.1. The molecule has 2 atom stereocenters. The van der Waals surface area contributed by atoms with Crippen molar-refractivity contribution in [3.8, 4) is 0 Å². The van der Waals surface area contributed by atoms with E-state index in [1.165, 1.54) is 0 Å². The molecule has 1 N–H and O–H groups in total. The molecule has 0 aliphatic carbocycles. The third-order valence-electron chi connectivity index (χ3n) is 3.37. The summed E-state index contributed by atoms with van der Waals surface area (Å²) in [7, 11) is 0. The lowest BCUT2D eigenvalue weighted by Gasteiger charge is -2.29. The van der Waals surface area contributed by atoms with Crippen LogP contribution >= 0.6 is 0 Å². The van der Waals surface area contributed by atoms with Gasteiger partial charge in [0.15, 0.2) is 0 Å². The minimum Gasteiger partial charge on any atom is -0.390 e. The second-order valence-corrected chi connectivity index (χ2v) is 3.89. The smallest absolute Gasteiger partial charge is 0.0882 e. The molecule has 13 heavy (non-hydrogen) atoms. The van der Waals surface area contributed by atoms with E-state index >= 15 is 0 Å². The Kier molecular flexibility index (Phi) is 3.51. The highest BCUT2D eigenvalue weighted by molar-refractivity contribution is 4.96. The zero-order chi connectivity index (χ0) is 9.90. The van der Waals surface area contributed by atoms with E-state index in [4.69, 9.17) is 4.74 Å². The Bertz CT molecular complexity index is 173. The normalized spacial score (nSPS) is 31.9. The van der Waals surface area contributed by atoms with Crippen molar-refractivity contribution in [2.24, 2.45) is 5.41 Å². The molecule has 0 aromatic carbocycles. The van der Waals surface area contributed by atoms with E-state index in [1.807, 2.05) is 6.08 Å². The first kappa shape index (κ1) is 10.7. The predicted octanol–water partition coefficient (Wildman–Crippen LogP) is 2.13. The van der Waals surface area contributed by atoms with E-state index in [0.29, 0.717) is 6.61 Å². The maximum absolute atomic E-state index is 10.1. The van der Waals surface area contributed by atoms with Crippen molar-refractivity contribution in [3.05, 3.63) is 12.7 Å². The highest BCUT2D eigenvalue weighted by Crippen LogP contribution is 2.40. The van der Waals surface area contributed by atoms with Crippen molar-refractivity contribution >= 4 is 0 Å². The van der Waals surface area contributed by atoms with Gasteiger partial charge in [0.05, 0.1) is 18.8 Å². The molecular formula is C11H20O2. The molecular weight excluding hydrogens is 164 g/mol. The number of hydrogen-bond donors (Lipinski definition) is 1. The summed E-state index contributed by atoms with van der Waals surface area (Å²) in [4.78, 5) is 0. The monoisotopic (exact) mass is 184 g/mol. The molecule has 0 bridgehead atoms. The van der Waals surface area contributed by atoms with Crippen LogP contribution in [0.3, 0.4) is 0 Å². The van der Waals surface area contributed by atoms with Gasteiger partial charge in [-0.05, 0) is 19.3 Å². The molecule has 1 aliphatic heterocycles. The lowest BCUT2D eigenvalue weighted by Crippen LogP contribution is -2.36. The third-order valence-corrected chi connectivity index (χ3v) is 3.37. The first-order valence-electron chi connectivity index (χ1n) is 5.10. The largest absolute Gasteiger partial charge is 0.390 e. The minimum absolute atomic E-state index is 0.00627. The third kappa shape index (κ3) is 1.79. The van der Waals surface area contributed by atoms with E-state index < -0.39 is 0 Å². The van der Waals surface area contributed by atoms with Crippen molar-refractivity contribution in [2.45, 2.75) is 45.3 Å². The standard InChI is InChI=1S/C11H20O2/c1-4-7-9-10(12)11(5-2,6-3)8-13-9/h4,9-10,12H,1,5-8H2,2-3H3/t9-,10-/m0/s1.